The van der Waals surface area contributed by atoms with Crippen molar-refractivity contribution >= 4 is 39.2 Å². The van der Waals surface area contributed by atoms with Crippen molar-refractivity contribution in [1.82, 2.24) is 19.4 Å². The van der Waals surface area contributed by atoms with Gasteiger partial charge >= 0.3 is 6.18 Å². The van der Waals surface area contributed by atoms with Crippen LogP contribution in [0.4, 0.5) is 18.9 Å². The van der Waals surface area contributed by atoms with E-state index in [2.05, 4.69) is 27.2 Å². The highest BCUT2D eigenvalue weighted by Crippen LogP contribution is 2.35. The highest BCUT2D eigenvalue weighted by atomic mass is 35.5. The first-order valence-corrected chi connectivity index (χ1v) is 8.64. The zero-order chi connectivity index (χ0) is 18.5. The molecule has 3 aromatic rings. The number of fused-ring (bicyclic) bond motifs is 3. The van der Waals surface area contributed by atoms with E-state index in [9.17, 15) is 13.2 Å². The Morgan fingerprint density at radius 1 is 1.31 bits per heavy atom. The van der Waals surface area contributed by atoms with Crippen molar-refractivity contribution in [3.05, 3.63) is 29.7 Å². The highest BCUT2D eigenvalue weighted by molar-refractivity contribution is 6.34. The summed E-state index contributed by atoms with van der Waals surface area (Å²) in [5, 5.41) is 4.10. The van der Waals surface area contributed by atoms with Crippen LogP contribution in [0, 0.1) is 0 Å². The van der Waals surface area contributed by atoms with Crippen molar-refractivity contribution in [3.8, 4) is 0 Å². The molecule has 1 fully saturated rings. The second kappa shape index (κ2) is 6.28. The lowest BCUT2D eigenvalue weighted by Gasteiger charge is -2.15. The van der Waals surface area contributed by atoms with E-state index in [1.165, 1.54) is 6.33 Å². The number of alkyl halides is 3. The minimum atomic E-state index is -4.37. The van der Waals surface area contributed by atoms with Crippen molar-refractivity contribution in [3.63, 3.8) is 0 Å². The number of likely N-dealkylation sites (tertiary alicyclic amines) is 1. The first kappa shape index (κ1) is 17.4. The van der Waals surface area contributed by atoms with Gasteiger partial charge in [-0.25, -0.2) is 9.97 Å². The number of hydrogen-bond donors (Lipinski definition) is 1. The average molecular weight is 384 g/mol. The van der Waals surface area contributed by atoms with Gasteiger partial charge in [-0.1, -0.05) is 11.6 Å². The summed E-state index contributed by atoms with van der Waals surface area (Å²) in [6.07, 6.45) is -2.07. The van der Waals surface area contributed by atoms with E-state index >= 15 is 0 Å². The third kappa shape index (κ3) is 3.19. The van der Waals surface area contributed by atoms with Crippen LogP contribution in [0.3, 0.4) is 0 Å². The van der Waals surface area contributed by atoms with E-state index in [4.69, 9.17) is 11.6 Å². The Morgan fingerprint density at radius 3 is 2.81 bits per heavy atom. The van der Waals surface area contributed by atoms with Gasteiger partial charge in [0.1, 0.15) is 23.9 Å². The highest BCUT2D eigenvalue weighted by Gasteiger charge is 2.31. The average Bonchev–Trinajstić information content (AvgIpc) is 3.09. The molecule has 0 spiro atoms. The second-order valence-electron chi connectivity index (χ2n) is 6.69. The molecule has 1 aliphatic rings. The van der Waals surface area contributed by atoms with Crippen molar-refractivity contribution in [2.24, 2.45) is 0 Å². The van der Waals surface area contributed by atoms with Gasteiger partial charge < -0.3 is 14.8 Å². The van der Waals surface area contributed by atoms with Crippen LogP contribution in [0.25, 0.3) is 21.9 Å². The lowest BCUT2D eigenvalue weighted by molar-refractivity contribution is -0.139. The summed E-state index contributed by atoms with van der Waals surface area (Å²) in [5.41, 5.74) is 1.93. The number of rotatable bonds is 3. The number of nitrogens with one attached hydrogen (secondary N) is 1. The Hall–Kier alpha value is -2.06. The maximum atomic E-state index is 13.1. The van der Waals surface area contributed by atoms with E-state index in [0.29, 0.717) is 22.5 Å². The van der Waals surface area contributed by atoms with Gasteiger partial charge in [-0.15, -0.1) is 0 Å². The molecule has 138 valence electrons. The Balaban J connectivity index is 1.82. The molecule has 0 amide bonds. The van der Waals surface area contributed by atoms with Crippen LogP contribution in [0.2, 0.25) is 5.15 Å². The van der Waals surface area contributed by atoms with Gasteiger partial charge in [0.25, 0.3) is 0 Å². The van der Waals surface area contributed by atoms with E-state index in [1.54, 1.807) is 12.1 Å². The van der Waals surface area contributed by atoms with Crippen molar-refractivity contribution in [2.75, 3.05) is 25.5 Å². The number of nitrogens with zero attached hydrogens (tertiary/aromatic N) is 4. The van der Waals surface area contributed by atoms with Gasteiger partial charge in [0.05, 0.1) is 5.52 Å². The molecule has 1 unspecified atom stereocenters. The first-order valence-electron chi connectivity index (χ1n) is 8.26. The summed E-state index contributed by atoms with van der Waals surface area (Å²) in [5.74, 6) is 0. The lowest BCUT2D eigenvalue weighted by Crippen LogP contribution is -2.23. The van der Waals surface area contributed by atoms with Crippen LogP contribution in [0.1, 0.15) is 6.42 Å². The molecule has 0 radical (unpaired) electrons. The molecule has 1 atom stereocenters. The molecule has 4 rings (SSSR count). The zero-order valence-corrected chi connectivity index (χ0v) is 14.8. The Kier molecular flexibility index (Phi) is 4.19. The fraction of sp³-hybridized carbons (Fsp3) is 0.412. The summed E-state index contributed by atoms with van der Waals surface area (Å²) in [7, 11) is 2.06. The number of likely N-dealkylation sites (N-methyl/N-ethyl adjacent to an activating group) is 1. The summed E-state index contributed by atoms with van der Waals surface area (Å²) in [4.78, 5) is 10.3. The molecular weight excluding hydrogens is 367 g/mol. The molecule has 1 N–H and O–H groups in total. The molecule has 0 saturated carbocycles. The number of aromatic nitrogens is 3. The molecule has 5 nitrogen and oxygen atoms in total. The summed E-state index contributed by atoms with van der Waals surface area (Å²) in [6.45, 7) is 0.815. The van der Waals surface area contributed by atoms with Crippen LogP contribution in [-0.2, 0) is 6.54 Å². The maximum Gasteiger partial charge on any atom is 0.406 e. The third-order valence-corrected chi connectivity index (χ3v) is 4.97. The largest absolute Gasteiger partial charge is 0.406 e. The fourth-order valence-electron chi connectivity index (χ4n) is 3.60. The van der Waals surface area contributed by atoms with E-state index in [1.807, 2.05) is 6.07 Å². The molecular formula is C17H17ClF3N5. The van der Waals surface area contributed by atoms with Crippen LogP contribution in [-0.4, -0.2) is 51.8 Å². The van der Waals surface area contributed by atoms with Crippen molar-refractivity contribution in [1.29, 1.82) is 0 Å². The molecule has 1 aromatic carbocycles. The Morgan fingerprint density at radius 2 is 2.12 bits per heavy atom. The normalized spacial score (nSPS) is 18.9. The lowest BCUT2D eigenvalue weighted by atomic mass is 10.2. The van der Waals surface area contributed by atoms with Crippen LogP contribution < -0.4 is 5.32 Å². The number of halogens is 4. The van der Waals surface area contributed by atoms with E-state index in [-0.39, 0.29) is 10.7 Å². The molecule has 3 heterocycles. The number of hydrogen-bond acceptors (Lipinski definition) is 4. The molecule has 9 heteroatoms. The van der Waals surface area contributed by atoms with Gasteiger partial charge in [0, 0.05) is 23.7 Å². The minimum absolute atomic E-state index is 0.0161. The van der Waals surface area contributed by atoms with Crippen LogP contribution in [0.5, 0.6) is 0 Å². The summed E-state index contributed by atoms with van der Waals surface area (Å²) < 4.78 is 40.4. The van der Waals surface area contributed by atoms with Crippen molar-refractivity contribution in [2.45, 2.75) is 25.2 Å². The predicted molar refractivity (Wildman–Crippen MR) is 95.6 cm³/mol. The number of anilines is 1. The first-order chi connectivity index (χ1) is 12.3. The predicted octanol–water partition coefficient (Wildman–Crippen LogP) is 3.92. The van der Waals surface area contributed by atoms with Gasteiger partial charge in [-0.3, -0.25) is 0 Å². The van der Waals surface area contributed by atoms with Crippen LogP contribution >= 0.6 is 11.6 Å². The Labute approximate surface area is 152 Å². The van der Waals surface area contributed by atoms with E-state index in [0.717, 1.165) is 29.8 Å². The SMILES string of the molecule is CN1CCC(Nc2ccc3c(c2)c2ncnc(Cl)c2n3CC(F)(F)F)C1. The molecule has 1 saturated heterocycles. The monoisotopic (exact) mass is 383 g/mol. The molecule has 0 aliphatic carbocycles. The zero-order valence-electron chi connectivity index (χ0n) is 14.0. The summed E-state index contributed by atoms with van der Waals surface area (Å²) in [6, 6.07) is 5.64. The van der Waals surface area contributed by atoms with Gasteiger partial charge in [-0.05, 0) is 38.2 Å². The van der Waals surface area contributed by atoms with Gasteiger partial charge in [0.2, 0.25) is 0 Å². The van der Waals surface area contributed by atoms with Gasteiger partial charge in [0.15, 0.2) is 5.15 Å². The topological polar surface area (TPSA) is 46.0 Å². The van der Waals surface area contributed by atoms with Gasteiger partial charge in [-0.2, -0.15) is 13.2 Å². The Bertz CT molecular complexity index is 968. The van der Waals surface area contributed by atoms with Crippen LogP contribution in [0.15, 0.2) is 24.5 Å². The second-order valence-corrected chi connectivity index (χ2v) is 7.05. The fourth-order valence-corrected chi connectivity index (χ4v) is 3.83. The maximum absolute atomic E-state index is 13.1. The summed E-state index contributed by atoms with van der Waals surface area (Å²) >= 11 is 6.10. The van der Waals surface area contributed by atoms with Crippen molar-refractivity contribution < 1.29 is 13.2 Å². The number of benzene rings is 1. The van der Waals surface area contributed by atoms with E-state index < -0.39 is 12.7 Å². The smallest absolute Gasteiger partial charge is 0.381 e. The standard InChI is InChI=1S/C17H17ClF3N5/c1-25-5-4-11(7-25)24-10-2-3-13-12(6-10)14-15(16(18)23-9-22-14)26(13)8-17(19,20)21/h2-3,6,9,11,24H,4-5,7-8H2,1H3. The minimum Gasteiger partial charge on any atom is -0.381 e. The quantitative estimate of drug-likeness (QED) is 0.696. The third-order valence-electron chi connectivity index (χ3n) is 4.69. The molecule has 26 heavy (non-hydrogen) atoms. The molecule has 2 aromatic heterocycles. The molecule has 0 bridgehead atoms. The molecule has 1 aliphatic heterocycles.